The Hall–Kier alpha value is -2.11. The van der Waals surface area contributed by atoms with Gasteiger partial charge in [-0.25, -0.2) is 9.78 Å². The van der Waals surface area contributed by atoms with Crippen molar-refractivity contribution in [3.05, 3.63) is 23.4 Å². The Labute approximate surface area is 118 Å². The van der Waals surface area contributed by atoms with E-state index in [0.717, 1.165) is 43.6 Å². The van der Waals surface area contributed by atoms with E-state index >= 15 is 0 Å². The van der Waals surface area contributed by atoms with Gasteiger partial charge in [0.05, 0.1) is 0 Å². The summed E-state index contributed by atoms with van der Waals surface area (Å²) >= 11 is 0. The molecular weight excluding hydrogens is 258 g/mol. The molecule has 0 radical (unpaired) electrons. The van der Waals surface area contributed by atoms with E-state index in [0.29, 0.717) is 5.56 Å². The van der Waals surface area contributed by atoms with Gasteiger partial charge in [-0.05, 0) is 31.4 Å². The van der Waals surface area contributed by atoms with Gasteiger partial charge in [-0.3, -0.25) is 4.79 Å². The fourth-order valence-electron chi connectivity index (χ4n) is 2.61. The smallest absolute Gasteiger partial charge is 0.407 e. The third-order valence-corrected chi connectivity index (χ3v) is 3.82. The first-order chi connectivity index (χ1) is 9.52. The van der Waals surface area contributed by atoms with Crippen molar-refractivity contribution in [1.29, 1.82) is 0 Å². The first kappa shape index (κ1) is 14.3. The second-order valence-corrected chi connectivity index (χ2v) is 5.14. The summed E-state index contributed by atoms with van der Waals surface area (Å²) in [6.07, 6.45) is 3.06. The molecule has 0 bridgehead atoms. The van der Waals surface area contributed by atoms with Crippen LogP contribution >= 0.6 is 0 Å². The Morgan fingerprint density at radius 3 is 2.65 bits per heavy atom. The molecule has 1 aromatic heterocycles. The van der Waals surface area contributed by atoms with Gasteiger partial charge in [0.2, 0.25) is 0 Å². The number of aromatic nitrogens is 1. The molecule has 0 aromatic carbocycles. The summed E-state index contributed by atoms with van der Waals surface area (Å²) in [5.41, 5.74) is 1.55. The van der Waals surface area contributed by atoms with Crippen molar-refractivity contribution in [3.8, 4) is 0 Å². The molecule has 1 aliphatic rings. The van der Waals surface area contributed by atoms with E-state index in [1.165, 1.54) is 4.90 Å². The topological polar surface area (TPSA) is 73.7 Å². The van der Waals surface area contributed by atoms with Crippen LogP contribution in [0.2, 0.25) is 0 Å². The first-order valence-corrected chi connectivity index (χ1v) is 6.65. The number of aryl methyl sites for hydroxylation is 1. The highest BCUT2D eigenvalue weighted by Gasteiger charge is 2.26. The molecule has 1 N–H and O–H groups in total. The number of hydrogen-bond acceptors (Lipinski definition) is 4. The SMILES string of the molecule is Cc1cc(C=O)cnc1N1CCC(N(C)C(=O)O)CC1. The molecule has 1 aliphatic heterocycles. The lowest BCUT2D eigenvalue weighted by Crippen LogP contribution is -2.45. The minimum atomic E-state index is -0.881. The maximum Gasteiger partial charge on any atom is 0.407 e. The molecule has 2 rings (SSSR count). The first-order valence-electron chi connectivity index (χ1n) is 6.65. The van der Waals surface area contributed by atoms with Crippen molar-refractivity contribution in [1.82, 2.24) is 9.88 Å². The molecule has 1 fully saturated rings. The van der Waals surface area contributed by atoms with Crippen LogP contribution in [0.15, 0.2) is 12.3 Å². The van der Waals surface area contributed by atoms with Crippen LogP contribution in [-0.4, -0.2) is 53.5 Å². The van der Waals surface area contributed by atoms with Crippen LogP contribution in [0.1, 0.15) is 28.8 Å². The van der Waals surface area contributed by atoms with E-state index in [-0.39, 0.29) is 6.04 Å². The highest BCUT2D eigenvalue weighted by molar-refractivity contribution is 5.75. The lowest BCUT2D eigenvalue weighted by molar-refractivity contribution is 0.112. The number of pyridine rings is 1. The molecule has 0 aliphatic carbocycles. The summed E-state index contributed by atoms with van der Waals surface area (Å²) in [6.45, 7) is 3.48. The summed E-state index contributed by atoms with van der Waals surface area (Å²) in [6, 6.07) is 1.89. The van der Waals surface area contributed by atoms with Gasteiger partial charge in [-0.1, -0.05) is 0 Å². The Kier molecular flexibility index (Phi) is 4.22. The molecule has 0 spiro atoms. The van der Waals surface area contributed by atoms with Crippen molar-refractivity contribution in [2.24, 2.45) is 0 Å². The largest absolute Gasteiger partial charge is 0.465 e. The van der Waals surface area contributed by atoms with Gasteiger partial charge in [0.1, 0.15) is 5.82 Å². The number of piperidine rings is 1. The Morgan fingerprint density at radius 2 is 2.15 bits per heavy atom. The zero-order valence-corrected chi connectivity index (χ0v) is 11.7. The maximum absolute atomic E-state index is 10.9. The van der Waals surface area contributed by atoms with Gasteiger partial charge in [0, 0.05) is 37.9 Å². The molecule has 0 atom stereocenters. The Morgan fingerprint density at radius 1 is 1.50 bits per heavy atom. The van der Waals surface area contributed by atoms with Crippen LogP contribution in [0, 0.1) is 6.92 Å². The highest BCUT2D eigenvalue weighted by Crippen LogP contribution is 2.23. The van der Waals surface area contributed by atoms with Crippen molar-refractivity contribution < 1.29 is 14.7 Å². The number of anilines is 1. The number of hydrogen-bond donors (Lipinski definition) is 1. The minimum Gasteiger partial charge on any atom is -0.465 e. The average molecular weight is 277 g/mol. The molecule has 108 valence electrons. The van der Waals surface area contributed by atoms with Crippen LogP contribution in [0.3, 0.4) is 0 Å². The molecule has 0 unspecified atom stereocenters. The van der Waals surface area contributed by atoms with E-state index < -0.39 is 6.09 Å². The molecule has 6 nitrogen and oxygen atoms in total. The fraction of sp³-hybridized carbons (Fsp3) is 0.500. The molecule has 6 heteroatoms. The highest BCUT2D eigenvalue weighted by atomic mass is 16.4. The number of aldehydes is 1. The molecule has 1 saturated heterocycles. The van der Waals surface area contributed by atoms with E-state index in [1.807, 2.05) is 13.0 Å². The molecule has 1 amide bonds. The van der Waals surface area contributed by atoms with Gasteiger partial charge in [0.25, 0.3) is 0 Å². The molecule has 2 heterocycles. The molecule has 1 aromatic rings. The van der Waals surface area contributed by atoms with E-state index in [4.69, 9.17) is 5.11 Å². The summed E-state index contributed by atoms with van der Waals surface area (Å²) < 4.78 is 0. The monoisotopic (exact) mass is 277 g/mol. The average Bonchev–Trinajstić information content (AvgIpc) is 2.46. The molecular formula is C14H19N3O3. The minimum absolute atomic E-state index is 0.0679. The number of nitrogens with zero attached hydrogens (tertiary/aromatic N) is 3. The van der Waals surface area contributed by atoms with Crippen LogP contribution in [0.25, 0.3) is 0 Å². The van der Waals surface area contributed by atoms with Gasteiger partial charge >= 0.3 is 6.09 Å². The van der Waals surface area contributed by atoms with Gasteiger partial charge in [-0.2, -0.15) is 0 Å². The third-order valence-electron chi connectivity index (χ3n) is 3.82. The molecule has 0 saturated carbocycles. The van der Waals surface area contributed by atoms with Crippen molar-refractivity contribution in [2.45, 2.75) is 25.8 Å². The summed E-state index contributed by atoms with van der Waals surface area (Å²) in [4.78, 5) is 29.5. The van der Waals surface area contributed by atoms with E-state index in [9.17, 15) is 9.59 Å². The number of carboxylic acid groups (broad SMARTS) is 1. The Balaban J connectivity index is 2.04. The summed E-state index contributed by atoms with van der Waals surface area (Å²) in [7, 11) is 1.62. The number of carbonyl (C=O) groups excluding carboxylic acids is 1. The van der Waals surface area contributed by atoms with Crippen molar-refractivity contribution in [2.75, 3.05) is 25.0 Å². The van der Waals surface area contributed by atoms with Crippen molar-refractivity contribution in [3.63, 3.8) is 0 Å². The van der Waals surface area contributed by atoms with E-state index in [2.05, 4.69) is 9.88 Å². The third kappa shape index (κ3) is 2.89. The lowest BCUT2D eigenvalue weighted by atomic mass is 10.0. The normalized spacial score (nSPS) is 16.0. The zero-order valence-electron chi connectivity index (χ0n) is 11.7. The summed E-state index contributed by atoms with van der Waals surface area (Å²) in [5.74, 6) is 0.882. The van der Waals surface area contributed by atoms with Gasteiger partial charge < -0.3 is 14.9 Å². The second kappa shape index (κ2) is 5.90. The van der Waals surface area contributed by atoms with Gasteiger partial charge in [-0.15, -0.1) is 0 Å². The van der Waals surface area contributed by atoms with Crippen LogP contribution in [0.5, 0.6) is 0 Å². The van der Waals surface area contributed by atoms with E-state index in [1.54, 1.807) is 13.2 Å². The number of carbonyl (C=O) groups is 2. The zero-order chi connectivity index (χ0) is 14.7. The Bertz CT molecular complexity index is 510. The lowest BCUT2D eigenvalue weighted by Gasteiger charge is -2.36. The predicted molar refractivity (Wildman–Crippen MR) is 75.4 cm³/mol. The molecule has 20 heavy (non-hydrogen) atoms. The predicted octanol–water partition coefficient (Wildman–Crippen LogP) is 1.78. The number of amides is 1. The van der Waals surface area contributed by atoms with Crippen LogP contribution < -0.4 is 4.90 Å². The second-order valence-electron chi connectivity index (χ2n) is 5.14. The van der Waals surface area contributed by atoms with Gasteiger partial charge in [0.15, 0.2) is 6.29 Å². The quantitative estimate of drug-likeness (QED) is 0.852. The fourth-order valence-corrected chi connectivity index (χ4v) is 2.61. The van der Waals surface area contributed by atoms with Crippen molar-refractivity contribution >= 4 is 18.2 Å². The number of rotatable bonds is 3. The summed E-state index contributed by atoms with van der Waals surface area (Å²) in [5, 5.41) is 8.99. The van der Waals surface area contributed by atoms with Crippen LogP contribution in [0.4, 0.5) is 10.6 Å². The van der Waals surface area contributed by atoms with Crippen LogP contribution in [-0.2, 0) is 0 Å². The standard InChI is InChI=1S/C14H19N3O3/c1-10-7-11(9-18)8-15-13(10)17-5-3-12(4-6-17)16(2)14(19)20/h7-9,12H,3-6H2,1-2H3,(H,19,20). The maximum atomic E-state index is 10.9.